The molecule has 27 heavy (non-hydrogen) atoms. The Kier molecular flexibility index (Phi) is 7.40. The van der Waals surface area contributed by atoms with E-state index in [4.69, 9.17) is 10.5 Å². The van der Waals surface area contributed by atoms with Crippen molar-refractivity contribution in [2.75, 3.05) is 12.4 Å². The summed E-state index contributed by atoms with van der Waals surface area (Å²) in [4.78, 5) is 14.9. The lowest BCUT2D eigenvalue weighted by molar-refractivity contribution is -0.385. The first kappa shape index (κ1) is 20.9. The third kappa shape index (κ3) is 5.09. The van der Waals surface area contributed by atoms with Crippen LogP contribution in [0.25, 0.3) is 0 Å². The van der Waals surface area contributed by atoms with Gasteiger partial charge < -0.3 is 15.8 Å². The number of guanidine groups is 1. The molecule has 7 nitrogen and oxygen atoms in total. The molecule has 2 aromatic carbocycles. The zero-order valence-corrected chi connectivity index (χ0v) is 17.4. The van der Waals surface area contributed by atoms with E-state index >= 15 is 0 Å². The van der Waals surface area contributed by atoms with E-state index in [2.05, 4.69) is 16.4 Å². The molecule has 0 heterocycles. The largest absolute Gasteiger partial charge is 0.490 e. The predicted molar refractivity (Wildman–Crippen MR) is 117 cm³/mol. The van der Waals surface area contributed by atoms with Crippen molar-refractivity contribution in [2.45, 2.75) is 32.2 Å². The van der Waals surface area contributed by atoms with Gasteiger partial charge in [-0.15, -0.1) is 24.0 Å². The number of hydrogen-bond acceptors (Lipinski definition) is 4. The highest BCUT2D eigenvalue weighted by Gasteiger charge is 2.15. The van der Waals surface area contributed by atoms with Gasteiger partial charge in [-0.05, 0) is 54.5 Å². The summed E-state index contributed by atoms with van der Waals surface area (Å²) in [7, 11) is 1.41. The minimum Gasteiger partial charge on any atom is -0.490 e. The van der Waals surface area contributed by atoms with Crippen LogP contribution in [0.1, 0.15) is 29.5 Å². The molecule has 1 aliphatic rings. The Morgan fingerprint density at radius 3 is 2.81 bits per heavy atom. The normalized spacial score (nSPS) is 13.3. The van der Waals surface area contributed by atoms with Gasteiger partial charge in [-0.1, -0.05) is 18.2 Å². The van der Waals surface area contributed by atoms with E-state index in [-0.39, 0.29) is 42.0 Å². The molecule has 0 radical (unpaired) electrons. The van der Waals surface area contributed by atoms with E-state index in [1.165, 1.54) is 37.1 Å². The minimum atomic E-state index is -0.468. The van der Waals surface area contributed by atoms with Gasteiger partial charge in [0.25, 0.3) is 0 Å². The Morgan fingerprint density at radius 2 is 2.07 bits per heavy atom. The molecule has 2 aromatic rings. The monoisotopic (exact) mass is 482 g/mol. The number of hydrogen-bond donors (Lipinski definition) is 2. The van der Waals surface area contributed by atoms with E-state index in [9.17, 15) is 10.1 Å². The van der Waals surface area contributed by atoms with Gasteiger partial charge in [-0.25, -0.2) is 4.99 Å². The summed E-state index contributed by atoms with van der Waals surface area (Å²) in [5.41, 5.74) is 10.3. The van der Waals surface area contributed by atoms with Crippen LogP contribution in [0.2, 0.25) is 0 Å². The van der Waals surface area contributed by atoms with Gasteiger partial charge in [-0.2, -0.15) is 0 Å². The highest BCUT2D eigenvalue weighted by molar-refractivity contribution is 14.0. The maximum atomic E-state index is 11.1. The summed E-state index contributed by atoms with van der Waals surface area (Å²) in [5, 5.41) is 14.3. The maximum Gasteiger partial charge on any atom is 0.311 e. The Morgan fingerprint density at radius 1 is 1.30 bits per heavy atom. The molecule has 0 atom stereocenters. The first-order valence-electron chi connectivity index (χ1n) is 8.57. The first-order valence-corrected chi connectivity index (χ1v) is 8.57. The molecule has 0 aromatic heterocycles. The van der Waals surface area contributed by atoms with E-state index in [1.807, 2.05) is 12.1 Å². The standard InChI is InChI=1S/C19H22N4O3.HI/c1-26-18-10-9-13(11-17(18)23(24)25)12-21-19(20)22-16-8-4-6-14-5-2-3-7-15(14)16;/h4,6,8-11H,2-3,5,7,12H2,1H3,(H3,20,21,22);1H. The molecule has 3 N–H and O–H groups in total. The van der Waals surface area contributed by atoms with Crippen LogP contribution in [0.3, 0.4) is 0 Å². The smallest absolute Gasteiger partial charge is 0.311 e. The number of nitrogens with zero attached hydrogens (tertiary/aromatic N) is 2. The predicted octanol–water partition coefficient (Wildman–Crippen LogP) is 4.03. The fraction of sp³-hybridized carbons (Fsp3) is 0.316. The molecule has 3 rings (SSSR count). The Bertz CT molecular complexity index is 855. The number of fused-ring (bicyclic) bond motifs is 1. The van der Waals surface area contributed by atoms with Gasteiger partial charge >= 0.3 is 5.69 Å². The lowest BCUT2D eigenvalue weighted by atomic mass is 9.90. The topological polar surface area (TPSA) is 103 Å². The molecule has 0 aliphatic heterocycles. The summed E-state index contributed by atoms with van der Waals surface area (Å²) >= 11 is 0. The van der Waals surface area contributed by atoms with Gasteiger partial charge in [0.05, 0.1) is 18.6 Å². The molecule has 0 unspecified atom stereocenters. The SMILES string of the molecule is COc1ccc(CN=C(N)Nc2cccc3c2CCCC3)cc1[N+](=O)[O-].I. The molecule has 8 heteroatoms. The first-order chi connectivity index (χ1) is 12.6. The quantitative estimate of drug-likeness (QED) is 0.220. The molecule has 0 amide bonds. The number of halogens is 1. The second kappa shape index (κ2) is 9.54. The van der Waals surface area contributed by atoms with Gasteiger partial charge in [0, 0.05) is 11.8 Å². The Labute approximate surface area is 175 Å². The number of nitrogens with two attached hydrogens (primary N) is 1. The van der Waals surface area contributed by atoms with Crippen molar-refractivity contribution in [3.05, 3.63) is 63.2 Å². The summed E-state index contributed by atoms with van der Waals surface area (Å²) in [5.74, 6) is 0.521. The number of nitro benzene ring substituents is 1. The van der Waals surface area contributed by atoms with E-state index < -0.39 is 4.92 Å². The summed E-state index contributed by atoms with van der Waals surface area (Å²) in [6, 6.07) is 11.0. The maximum absolute atomic E-state index is 11.1. The van der Waals surface area contributed by atoms with Crippen LogP contribution in [0, 0.1) is 10.1 Å². The van der Waals surface area contributed by atoms with E-state index in [0.29, 0.717) is 11.5 Å². The third-order valence-electron chi connectivity index (χ3n) is 4.53. The molecule has 144 valence electrons. The number of nitro groups is 1. The second-order valence-corrected chi connectivity index (χ2v) is 6.24. The third-order valence-corrected chi connectivity index (χ3v) is 4.53. The molecule has 0 saturated carbocycles. The van der Waals surface area contributed by atoms with Gasteiger partial charge in [0.15, 0.2) is 11.7 Å². The fourth-order valence-electron chi connectivity index (χ4n) is 3.23. The number of aliphatic imine (C=N–C) groups is 1. The minimum absolute atomic E-state index is 0. The highest BCUT2D eigenvalue weighted by Crippen LogP contribution is 2.29. The zero-order chi connectivity index (χ0) is 18.5. The van der Waals surface area contributed by atoms with Gasteiger partial charge in [0.1, 0.15) is 0 Å². The van der Waals surface area contributed by atoms with Crippen molar-refractivity contribution in [1.82, 2.24) is 0 Å². The molecule has 0 spiro atoms. The van der Waals surface area contributed by atoms with Gasteiger partial charge in [-0.3, -0.25) is 10.1 Å². The number of methoxy groups -OCH3 is 1. The molecular weight excluding hydrogens is 459 g/mol. The second-order valence-electron chi connectivity index (χ2n) is 6.24. The molecule has 0 fully saturated rings. The van der Waals surface area contributed by atoms with Crippen molar-refractivity contribution in [1.29, 1.82) is 0 Å². The van der Waals surface area contributed by atoms with Crippen molar-refractivity contribution < 1.29 is 9.66 Å². The van der Waals surface area contributed by atoms with Crippen molar-refractivity contribution >= 4 is 41.3 Å². The van der Waals surface area contributed by atoms with Crippen LogP contribution < -0.4 is 15.8 Å². The lowest BCUT2D eigenvalue weighted by Gasteiger charge is -2.19. The average Bonchev–Trinajstić information content (AvgIpc) is 2.66. The van der Waals surface area contributed by atoms with Gasteiger partial charge in [0.2, 0.25) is 0 Å². The number of anilines is 1. The van der Waals surface area contributed by atoms with Crippen molar-refractivity contribution in [3.63, 3.8) is 0 Å². The summed E-state index contributed by atoms with van der Waals surface area (Å²) in [6.07, 6.45) is 4.53. The van der Waals surface area contributed by atoms with Crippen LogP contribution in [-0.2, 0) is 19.4 Å². The van der Waals surface area contributed by atoms with Crippen LogP contribution in [-0.4, -0.2) is 18.0 Å². The van der Waals surface area contributed by atoms with Crippen LogP contribution in [0.4, 0.5) is 11.4 Å². The Balaban J connectivity index is 0.00000261. The molecule has 1 aliphatic carbocycles. The van der Waals surface area contributed by atoms with Crippen LogP contribution >= 0.6 is 24.0 Å². The van der Waals surface area contributed by atoms with Crippen LogP contribution in [0.5, 0.6) is 5.75 Å². The summed E-state index contributed by atoms with van der Waals surface area (Å²) < 4.78 is 5.00. The molecular formula is C19H23IN4O3. The number of rotatable bonds is 5. The number of benzene rings is 2. The number of nitrogens with one attached hydrogen (secondary N) is 1. The van der Waals surface area contributed by atoms with Crippen LogP contribution in [0.15, 0.2) is 41.4 Å². The lowest BCUT2D eigenvalue weighted by Crippen LogP contribution is -2.24. The number of ether oxygens (including phenoxy) is 1. The summed E-state index contributed by atoms with van der Waals surface area (Å²) in [6.45, 7) is 0.249. The Hall–Kier alpha value is -2.36. The van der Waals surface area contributed by atoms with E-state index in [1.54, 1.807) is 12.1 Å². The van der Waals surface area contributed by atoms with E-state index in [0.717, 1.165) is 18.5 Å². The highest BCUT2D eigenvalue weighted by atomic mass is 127. The molecule has 0 bridgehead atoms. The number of aryl methyl sites for hydroxylation is 1. The fourth-order valence-corrected chi connectivity index (χ4v) is 3.23. The average molecular weight is 482 g/mol. The van der Waals surface area contributed by atoms with Crippen molar-refractivity contribution in [2.24, 2.45) is 10.7 Å². The molecule has 0 saturated heterocycles. The van der Waals surface area contributed by atoms with Crippen molar-refractivity contribution in [3.8, 4) is 5.75 Å². The zero-order valence-electron chi connectivity index (χ0n) is 15.1.